The van der Waals surface area contributed by atoms with Crippen molar-refractivity contribution in [3.8, 4) is 5.75 Å². The van der Waals surface area contributed by atoms with Crippen LogP contribution in [0.1, 0.15) is 50.4 Å². The fourth-order valence-electron chi connectivity index (χ4n) is 3.95. The van der Waals surface area contributed by atoms with Crippen molar-refractivity contribution in [3.05, 3.63) is 72.1 Å². The van der Waals surface area contributed by atoms with Gasteiger partial charge in [0.25, 0.3) is 0 Å². The number of rotatable bonds is 3. The lowest BCUT2D eigenvalue weighted by Gasteiger charge is -2.41. The minimum atomic E-state index is -0.541. The molecule has 29 heavy (non-hydrogen) atoms. The van der Waals surface area contributed by atoms with Gasteiger partial charge in [0.2, 0.25) is 11.9 Å². The Morgan fingerprint density at radius 3 is 2.41 bits per heavy atom. The molecule has 0 fully saturated rings. The molecule has 0 saturated carbocycles. The molecule has 1 aliphatic heterocycles. The Labute approximate surface area is 171 Å². The van der Waals surface area contributed by atoms with Crippen LogP contribution < -0.4 is 9.64 Å². The number of para-hydroxylation sites is 1. The van der Waals surface area contributed by atoms with E-state index < -0.39 is 5.41 Å². The molecule has 2 aromatic carbocycles. The normalized spacial score (nSPS) is 19.0. The van der Waals surface area contributed by atoms with E-state index >= 15 is 0 Å². The van der Waals surface area contributed by atoms with Gasteiger partial charge < -0.3 is 4.74 Å². The van der Waals surface area contributed by atoms with Gasteiger partial charge in [0.1, 0.15) is 12.1 Å². The van der Waals surface area contributed by atoms with Crippen LogP contribution in [0.4, 0.5) is 5.95 Å². The summed E-state index contributed by atoms with van der Waals surface area (Å²) in [6.07, 6.45) is 2.20. The Balaban J connectivity index is 1.89. The van der Waals surface area contributed by atoms with Gasteiger partial charge in [-0.2, -0.15) is 10.1 Å². The quantitative estimate of drug-likeness (QED) is 0.665. The van der Waals surface area contributed by atoms with Gasteiger partial charge >= 0.3 is 0 Å². The molecule has 2 heterocycles. The van der Waals surface area contributed by atoms with Gasteiger partial charge in [-0.1, -0.05) is 69.3 Å². The topological polar surface area (TPSA) is 60.2 Å². The minimum Gasteiger partial charge on any atom is -0.496 e. The van der Waals surface area contributed by atoms with Gasteiger partial charge in [-0.05, 0) is 18.1 Å². The van der Waals surface area contributed by atoms with E-state index in [1.807, 2.05) is 66.8 Å². The van der Waals surface area contributed by atoms with Crippen LogP contribution in [0.5, 0.6) is 5.75 Å². The molecule has 1 amide bonds. The Kier molecular flexibility index (Phi) is 4.86. The van der Waals surface area contributed by atoms with Gasteiger partial charge in [-0.3, -0.25) is 9.69 Å². The molecule has 3 aromatic rings. The second-order valence-corrected chi connectivity index (χ2v) is 8.35. The zero-order valence-electron chi connectivity index (χ0n) is 17.2. The molecule has 4 rings (SSSR count). The molecule has 1 aliphatic rings. The predicted octanol–water partition coefficient (Wildman–Crippen LogP) is 4.40. The molecule has 1 aromatic heterocycles. The fraction of sp³-hybridized carbons (Fsp3) is 0.348. The van der Waals surface area contributed by atoms with Gasteiger partial charge in [0.15, 0.2) is 0 Å². The smallest absolute Gasteiger partial charge is 0.235 e. The summed E-state index contributed by atoms with van der Waals surface area (Å²) in [7, 11) is 1.67. The lowest BCUT2D eigenvalue weighted by atomic mass is 9.88. The van der Waals surface area contributed by atoms with Crippen LogP contribution in [0, 0.1) is 5.41 Å². The Bertz CT molecular complexity index is 1010. The molecule has 0 spiro atoms. The second kappa shape index (κ2) is 7.35. The number of aromatic nitrogens is 3. The first-order valence-electron chi connectivity index (χ1n) is 9.83. The molecule has 150 valence electrons. The summed E-state index contributed by atoms with van der Waals surface area (Å²) < 4.78 is 7.47. The number of fused-ring (bicyclic) bond motifs is 1. The Hall–Kier alpha value is -3.15. The first kappa shape index (κ1) is 19.2. The van der Waals surface area contributed by atoms with Crippen molar-refractivity contribution in [2.45, 2.75) is 39.3 Å². The van der Waals surface area contributed by atoms with E-state index in [-0.39, 0.29) is 18.0 Å². The van der Waals surface area contributed by atoms with E-state index in [4.69, 9.17) is 4.74 Å². The molecule has 0 radical (unpaired) electrons. The molecular formula is C23H26N4O2. The van der Waals surface area contributed by atoms with E-state index in [0.717, 1.165) is 16.9 Å². The molecule has 0 N–H and O–H groups in total. The molecule has 6 heteroatoms. The van der Waals surface area contributed by atoms with E-state index in [1.54, 1.807) is 7.11 Å². The van der Waals surface area contributed by atoms with Crippen LogP contribution in [0.15, 0.2) is 60.9 Å². The van der Waals surface area contributed by atoms with Crippen molar-refractivity contribution in [2.24, 2.45) is 5.41 Å². The number of carbonyl (C=O) groups excluding carboxylic acids is 1. The van der Waals surface area contributed by atoms with Crippen LogP contribution in [0.25, 0.3) is 0 Å². The lowest BCUT2D eigenvalue weighted by molar-refractivity contribution is -0.126. The van der Waals surface area contributed by atoms with Gasteiger partial charge in [-0.25, -0.2) is 4.68 Å². The van der Waals surface area contributed by atoms with E-state index in [2.05, 4.69) is 28.3 Å². The van der Waals surface area contributed by atoms with Crippen molar-refractivity contribution in [2.75, 3.05) is 12.0 Å². The summed E-state index contributed by atoms with van der Waals surface area (Å²) in [5.41, 5.74) is 1.57. The van der Waals surface area contributed by atoms with E-state index in [1.165, 1.54) is 6.33 Å². The first-order valence-corrected chi connectivity index (χ1v) is 9.83. The van der Waals surface area contributed by atoms with Crippen molar-refractivity contribution < 1.29 is 9.53 Å². The van der Waals surface area contributed by atoms with Crippen molar-refractivity contribution >= 4 is 11.9 Å². The van der Waals surface area contributed by atoms with Gasteiger partial charge in [0, 0.05) is 11.0 Å². The molecule has 0 unspecified atom stereocenters. The maximum Gasteiger partial charge on any atom is 0.235 e. The fourth-order valence-corrected chi connectivity index (χ4v) is 3.95. The summed E-state index contributed by atoms with van der Waals surface area (Å²) in [6, 6.07) is 17.9. The number of nitrogens with zero attached hydrogens (tertiary/aromatic N) is 4. The molecule has 0 aliphatic carbocycles. The Morgan fingerprint density at radius 2 is 1.72 bits per heavy atom. The largest absolute Gasteiger partial charge is 0.496 e. The number of ether oxygens (including phenoxy) is 1. The maximum atomic E-state index is 13.5. The molecule has 2 atom stereocenters. The third-order valence-electron chi connectivity index (χ3n) is 5.37. The highest BCUT2D eigenvalue weighted by Gasteiger charge is 2.43. The average Bonchev–Trinajstić information content (AvgIpc) is 3.21. The highest BCUT2D eigenvalue weighted by molar-refractivity contribution is 5.96. The summed E-state index contributed by atoms with van der Waals surface area (Å²) >= 11 is 0. The molecule has 6 nitrogen and oxygen atoms in total. The summed E-state index contributed by atoms with van der Waals surface area (Å²) in [5, 5.41) is 4.49. The monoisotopic (exact) mass is 390 g/mol. The predicted molar refractivity (Wildman–Crippen MR) is 112 cm³/mol. The molecular weight excluding hydrogens is 364 g/mol. The number of anilines is 1. The minimum absolute atomic E-state index is 0.0269. The standard InChI is InChI=1S/C23H26N4O2/c1-23(2,3)21(28)26-18(16-10-6-5-7-11-16)14-19(27-22(26)24-15-25-27)17-12-8-9-13-20(17)29-4/h5-13,15,18-19H,14H2,1-4H3/t18-,19-/m1/s1. The van der Waals surface area contributed by atoms with Gasteiger partial charge in [0.05, 0.1) is 19.2 Å². The zero-order valence-corrected chi connectivity index (χ0v) is 17.2. The third-order valence-corrected chi connectivity index (χ3v) is 5.37. The SMILES string of the molecule is COc1ccccc1[C@H]1C[C@H](c2ccccc2)N(C(=O)C(C)(C)C)c2ncnn21. The second-order valence-electron chi connectivity index (χ2n) is 8.35. The zero-order chi connectivity index (χ0) is 20.6. The highest BCUT2D eigenvalue weighted by atomic mass is 16.5. The number of hydrogen-bond donors (Lipinski definition) is 0. The van der Waals surface area contributed by atoms with E-state index in [9.17, 15) is 4.79 Å². The van der Waals surface area contributed by atoms with E-state index in [0.29, 0.717) is 12.4 Å². The van der Waals surface area contributed by atoms with Crippen molar-refractivity contribution in [1.82, 2.24) is 14.8 Å². The van der Waals surface area contributed by atoms with Crippen LogP contribution >= 0.6 is 0 Å². The van der Waals surface area contributed by atoms with Crippen LogP contribution in [-0.2, 0) is 4.79 Å². The first-order chi connectivity index (χ1) is 13.9. The van der Waals surface area contributed by atoms with Crippen LogP contribution in [-0.4, -0.2) is 27.8 Å². The summed E-state index contributed by atoms with van der Waals surface area (Å²) in [6.45, 7) is 5.80. The lowest BCUT2D eigenvalue weighted by Crippen LogP contribution is -2.47. The highest BCUT2D eigenvalue weighted by Crippen LogP contribution is 2.45. The van der Waals surface area contributed by atoms with Gasteiger partial charge in [-0.15, -0.1) is 0 Å². The van der Waals surface area contributed by atoms with Crippen LogP contribution in [0.3, 0.4) is 0 Å². The molecule has 0 bridgehead atoms. The van der Waals surface area contributed by atoms with Crippen molar-refractivity contribution in [3.63, 3.8) is 0 Å². The maximum absolute atomic E-state index is 13.5. The summed E-state index contributed by atoms with van der Waals surface area (Å²) in [5.74, 6) is 1.40. The number of hydrogen-bond acceptors (Lipinski definition) is 4. The third kappa shape index (κ3) is 3.39. The number of amides is 1. The summed E-state index contributed by atoms with van der Waals surface area (Å²) in [4.78, 5) is 19.8. The Morgan fingerprint density at radius 1 is 1.03 bits per heavy atom. The van der Waals surface area contributed by atoms with Crippen molar-refractivity contribution in [1.29, 1.82) is 0 Å². The average molecular weight is 390 g/mol. The number of benzene rings is 2. The number of carbonyl (C=O) groups is 1. The van der Waals surface area contributed by atoms with Crippen LogP contribution in [0.2, 0.25) is 0 Å². The number of methoxy groups -OCH3 is 1. The molecule has 0 saturated heterocycles.